The van der Waals surface area contributed by atoms with Gasteiger partial charge >= 0.3 is 276 Å². The van der Waals surface area contributed by atoms with Gasteiger partial charge in [0.25, 0.3) is 0 Å². The van der Waals surface area contributed by atoms with Crippen LogP contribution >= 0.6 is 7.26 Å². The molecule has 1 aliphatic carbocycles. The third-order valence-electron chi connectivity index (χ3n) is 10.8. The number of allylic oxidation sites excluding steroid dienone is 7. The van der Waals surface area contributed by atoms with Gasteiger partial charge in [0.05, 0.1) is 0 Å². The molecule has 0 saturated heterocycles. The minimum absolute atomic E-state index is 0.773. The van der Waals surface area contributed by atoms with E-state index < -0.39 is 7.26 Å². The van der Waals surface area contributed by atoms with Crippen LogP contribution in [-0.4, -0.2) is 14.8 Å². The van der Waals surface area contributed by atoms with Gasteiger partial charge in [-0.15, -0.1) is 0 Å². The van der Waals surface area contributed by atoms with Crippen molar-refractivity contribution < 1.29 is 17.9 Å². The monoisotopic (exact) mass is 957 g/mol. The number of hydrogen-bond donors (Lipinski definition) is 0. The Balaban J connectivity index is 1.28. The van der Waals surface area contributed by atoms with Crippen LogP contribution in [0.4, 0.5) is 0 Å². The molecule has 0 N–H and O–H groups in total. The number of para-hydroxylation sites is 1. The van der Waals surface area contributed by atoms with E-state index in [1.165, 1.54) is 27.1 Å². The minimum atomic E-state index is -2.45. The zero-order valence-corrected chi connectivity index (χ0v) is 36.7. The van der Waals surface area contributed by atoms with E-state index in [0.717, 1.165) is 69.7 Å². The first-order valence-corrected chi connectivity index (χ1v) is 23.1. The molecule has 5 heteroatoms. The molecule has 0 unspecified atom stereocenters. The molecule has 3 nitrogen and oxygen atoms in total. The fourth-order valence-electron chi connectivity index (χ4n) is 7.96. The first kappa shape index (κ1) is 39.6. The quantitative estimate of drug-likeness (QED) is 0.107. The van der Waals surface area contributed by atoms with Crippen molar-refractivity contribution in [2.24, 2.45) is 0 Å². The van der Waals surface area contributed by atoms with E-state index in [1.54, 1.807) is 17.9 Å². The summed E-state index contributed by atoms with van der Waals surface area (Å²) in [5.41, 5.74) is 8.82. The SMILES string of the molecule is CC=C1CCCC1=CC(C#Cc1ccc(-c2nnc(-c3ccc(/C=C/C)cc3)n2-c2ccccc2)cc1)=C([C]#[Os])[P+](c1ccccc1)(c1ccccc1)c1ccccc1. The summed E-state index contributed by atoms with van der Waals surface area (Å²) in [5.74, 6) is 8.96. The molecule has 0 atom stereocenters. The normalized spacial score (nSPS) is 14.5. The van der Waals surface area contributed by atoms with Gasteiger partial charge in [0.15, 0.2) is 0 Å². The van der Waals surface area contributed by atoms with Crippen LogP contribution in [0.3, 0.4) is 0 Å². The van der Waals surface area contributed by atoms with Gasteiger partial charge in [0.1, 0.15) is 0 Å². The molecule has 6 aromatic carbocycles. The van der Waals surface area contributed by atoms with Crippen LogP contribution in [0.5, 0.6) is 0 Å². The van der Waals surface area contributed by atoms with Crippen molar-refractivity contribution in [2.45, 2.75) is 33.1 Å². The summed E-state index contributed by atoms with van der Waals surface area (Å²) in [6.07, 6.45) is 12.1. The van der Waals surface area contributed by atoms with Crippen molar-refractivity contribution in [1.82, 2.24) is 14.8 Å². The van der Waals surface area contributed by atoms with Gasteiger partial charge in [-0.1, -0.05) is 54.6 Å². The van der Waals surface area contributed by atoms with E-state index in [1.807, 2.05) is 31.2 Å². The van der Waals surface area contributed by atoms with Crippen LogP contribution in [0.25, 0.3) is 34.5 Å². The first-order valence-electron chi connectivity index (χ1n) is 20.0. The summed E-state index contributed by atoms with van der Waals surface area (Å²) in [7, 11) is -2.45. The van der Waals surface area contributed by atoms with Gasteiger partial charge in [-0.25, -0.2) is 0 Å². The molecule has 0 bridgehead atoms. The molecule has 0 amide bonds. The topological polar surface area (TPSA) is 30.7 Å². The van der Waals surface area contributed by atoms with Crippen LogP contribution in [0.1, 0.15) is 44.2 Å². The molecule has 0 aliphatic heterocycles. The molecule has 1 saturated carbocycles. The van der Waals surface area contributed by atoms with Crippen LogP contribution < -0.4 is 15.9 Å². The number of benzene rings is 6. The van der Waals surface area contributed by atoms with Crippen LogP contribution in [0.15, 0.2) is 210 Å². The third kappa shape index (κ3) is 8.26. The Morgan fingerprint density at radius 2 is 1.10 bits per heavy atom. The summed E-state index contributed by atoms with van der Waals surface area (Å²) in [5, 5.41) is 14.5. The molecule has 1 aromatic heterocycles. The van der Waals surface area contributed by atoms with Gasteiger partial charge in [0.2, 0.25) is 0 Å². The van der Waals surface area contributed by atoms with E-state index in [2.05, 4.69) is 198 Å². The Morgan fingerprint density at radius 3 is 1.59 bits per heavy atom. The molecule has 1 aliphatic rings. The van der Waals surface area contributed by atoms with Crippen LogP contribution in [0.2, 0.25) is 0 Å². The fraction of sp³-hybridized carbons (Fsp3) is 0.0926. The van der Waals surface area contributed by atoms with Crippen molar-refractivity contribution in [1.29, 1.82) is 0 Å². The molecule has 59 heavy (non-hydrogen) atoms. The Hall–Kier alpha value is -6.17. The zero-order valence-electron chi connectivity index (χ0n) is 33.2. The van der Waals surface area contributed by atoms with Crippen molar-refractivity contribution in [3.8, 4) is 44.7 Å². The second-order valence-electron chi connectivity index (χ2n) is 14.3. The molecule has 8 rings (SSSR count). The fourth-order valence-corrected chi connectivity index (χ4v) is 13.7. The van der Waals surface area contributed by atoms with Crippen molar-refractivity contribution in [3.05, 3.63) is 221 Å². The summed E-state index contributed by atoms with van der Waals surface area (Å²) in [6.45, 7) is 4.19. The molecule has 0 radical (unpaired) electrons. The van der Waals surface area contributed by atoms with E-state index in [-0.39, 0.29) is 0 Å². The first-order chi connectivity index (χ1) is 29.1. The van der Waals surface area contributed by atoms with Crippen LogP contribution in [-0.2, 0) is 17.9 Å². The second-order valence-corrected chi connectivity index (χ2v) is 18.3. The number of aromatic nitrogens is 3. The van der Waals surface area contributed by atoms with E-state index >= 15 is 0 Å². The Bertz CT molecular complexity index is 2680. The molecular weight excluding hydrogens is 912 g/mol. The number of nitrogens with zero attached hydrogens (tertiary/aromatic N) is 3. The van der Waals surface area contributed by atoms with Crippen molar-refractivity contribution in [3.63, 3.8) is 0 Å². The maximum atomic E-state index is 4.76. The maximum absolute atomic E-state index is 4.76. The van der Waals surface area contributed by atoms with E-state index in [4.69, 9.17) is 10.2 Å². The molecule has 1 fully saturated rings. The summed E-state index contributed by atoms with van der Waals surface area (Å²) < 4.78 is 5.97. The Kier molecular flexibility index (Phi) is 12.5. The van der Waals surface area contributed by atoms with Crippen LogP contribution in [0, 0.1) is 16.2 Å². The average Bonchev–Trinajstić information content (AvgIpc) is 3.96. The Labute approximate surface area is 359 Å². The standard InChI is InChI=1S/C54H44N3P.Os/c1-4-19-42-30-35-45(36-31-42)53-55-56-54(57(53)49-22-10-6-11-23-49)46-37-32-43(33-38-46)34-39-47(40-48-21-18-20-44(48)5-2)41(3)58(50-24-12-7-13-25-50,51-26-14-8-15-27-51)52-28-16-9-17-29-52;/h4-17,19,22-33,35-38,40H,18,20-21H2,1-2H3;/q+1;/b19-4+,44-5?,47-41?,48-40?;. The van der Waals surface area contributed by atoms with Crippen molar-refractivity contribution in [2.75, 3.05) is 0 Å². The molecule has 0 spiro atoms. The van der Waals surface area contributed by atoms with E-state index in [0.29, 0.717) is 0 Å². The summed E-state index contributed by atoms with van der Waals surface area (Å²) in [6, 6.07) is 60.2. The molecule has 7 aromatic rings. The molecule has 1 heterocycles. The average molecular weight is 956 g/mol. The predicted molar refractivity (Wildman–Crippen MR) is 246 cm³/mol. The Morgan fingerprint density at radius 1 is 0.610 bits per heavy atom. The zero-order chi connectivity index (χ0) is 40.4. The van der Waals surface area contributed by atoms with E-state index in [9.17, 15) is 0 Å². The van der Waals surface area contributed by atoms with Gasteiger partial charge < -0.3 is 0 Å². The summed E-state index contributed by atoms with van der Waals surface area (Å²) in [4.78, 5) is 0. The van der Waals surface area contributed by atoms with Gasteiger partial charge in [-0.2, -0.15) is 0 Å². The van der Waals surface area contributed by atoms with Gasteiger partial charge in [-0.3, -0.25) is 0 Å². The third-order valence-corrected chi connectivity index (χ3v) is 16.1. The molecule has 287 valence electrons. The number of hydrogen-bond acceptors (Lipinski definition) is 2. The second kappa shape index (κ2) is 18.6. The molecular formula is C54H44N3OsP+. The predicted octanol–water partition coefficient (Wildman–Crippen LogP) is 11.8. The van der Waals surface area contributed by atoms with Gasteiger partial charge in [-0.05, 0) is 24.6 Å². The van der Waals surface area contributed by atoms with Crippen molar-refractivity contribution >= 4 is 29.3 Å². The summed E-state index contributed by atoms with van der Waals surface area (Å²) >= 11 is 1.80. The number of rotatable bonds is 9. The van der Waals surface area contributed by atoms with Gasteiger partial charge in [0, 0.05) is 5.56 Å².